The van der Waals surface area contributed by atoms with Crippen molar-refractivity contribution in [1.82, 2.24) is 14.7 Å². The van der Waals surface area contributed by atoms with Gasteiger partial charge in [-0.1, -0.05) is 12.1 Å². The molecule has 2 heterocycles. The highest BCUT2D eigenvalue weighted by Gasteiger charge is 2.23. The Hall–Kier alpha value is -1.63. The lowest BCUT2D eigenvalue weighted by Crippen LogP contribution is -2.52. The second-order valence-corrected chi connectivity index (χ2v) is 7.80. The van der Waals surface area contributed by atoms with E-state index in [1.54, 1.807) is 0 Å². The largest absolute Gasteiger partial charge is 0.491 e. The average molecular weight is 376 g/mol. The molecule has 1 atom stereocenters. The summed E-state index contributed by atoms with van der Waals surface area (Å²) in [4.78, 5) is 18.9. The maximum atomic E-state index is 12.4. The fraction of sp³-hybridized carbons (Fsp3) is 0.667. The van der Waals surface area contributed by atoms with Crippen LogP contribution in [0.1, 0.15) is 24.8 Å². The number of piperidine rings is 1. The van der Waals surface area contributed by atoms with Gasteiger partial charge in [0.15, 0.2) is 0 Å². The Labute approximate surface area is 162 Å². The zero-order valence-electron chi connectivity index (χ0n) is 16.5. The van der Waals surface area contributed by atoms with E-state index in [4.69, 9.17) is 4.74 Å². The molecule has 0 aromatic heterocycles. The van der Waals surface area contributed by atoms with E-state index in [2.05, 4.69) is 9.80 Å². The number of ether oxygens (including phenoxy) is 1. The normalized spacial score (nSPS) is 20.4. The lowest BCUT2D eigenvalue weighted by Gasteiger charge is -2.36. The monoisotopic (exact) mass is 375 g/mol. The molecule has 0 bridgehead atoms. The number of benzene rings is 1. The quantitative estimate of drug-likeness (QED) is 0.780. The lowest BCUT2D eigenvalue weighted by molar-refractivity contribution is -0.133. The smallest absolute Gasteiger partial charge is 0.236 e. The maximum Gasteiger partial charge on any atom is 0.236 e. The lowest BCUT2D eigenvalue weighted by atomic mass is 10.1. The molecule has 2 aliphatic heterocycles. The summed E-state index contributed by atoms with van der Waals surface area (Å²) < 4.78 is 5.69. The van der Waals surface area contributed by atoms with Gasteiger partial charge in [0, 0.05) is 45.8 Å². The van der Waals surface area contributed by atoms with Crippen LogP contribution < -0.4 is 4.74 Å². The highest BCUT2D eigenvalue weighted by atomic mass is 16.5. The Morgan fingerprint density at radius 2 is 1.78 bits per heavy atom. The number of aliphatic hydroxyl groups excluding tert-OH is 1. The van der Waals surface area contributed by atoms with Crippen molar-refractivity contribution in [3.8, 4) is 5.75 Å². The van der Waals surface area contributed by atoms with E-state index in [1.165, 1.54) is 6.42 Å². The van der Waals surface area contributed by atoms with Gasteiger partial charge in [0.1, 0.15) is 18.5 Å². The van der Waals surface area contributed by atoms with E-state index in [9.17, 15) is 9.90 Å². The minimum atomic E-state index is -0.507. The number of hydrogen-bond donors (Lipinski definition) is 1. The molecule has 150 valence electrons. The zero-order valence-corrected chi connectivity index (χ0v) is 16.5. The maximum absolute atomic E-state index is 12.4. The van der Waals surface area contributed by atoms with Crippen LogP contribution in [0.5, 0.6) is 5.75 Å². The molecule has 0 saturated carbocycles. The molecule has 0 aliphatic carbocycles. The third-order valence-corrected chi connectivity index (χ3v) is 5.43. The van der Waals surface area contributed by atoms with Gasteiger partial charge in [-0.15, -0.1) is 0 Å². The summed E-state index contributed by atoms with van der Waals surface area (Å²) in [6.07, 6.45) is 3.02. The van der Waals surface area contributed by atoms with Crippen LogP contribution in [0, 0.1) is 6.92 Å². The predicted molar refractivity (Wildman–Crippen MR) is 106 cm³/mol. The Bertz CT molecular complexity index is 596. The summed E-state index contributed by atoms with van der Waals surface area (Å²) >= 11 is 0. The van der Waals surface area contributed by atoms with Gasteiger partial charge in [0.25, 0.3) is 0 Å². The number of hydrogen-bond acceptors (Lipinski definition) is 5. The highest BCUT2D eigenvalue weighted by Crippen LogP contribution is 2.13. The molecular weight excluding hydrogens is 342 g/mol. The van der Waals surface area contributed by atoms with Crippen LogP contribution in [0.3, 0.4) is 0 Å². The number of amides is 1. The zero-order chi connectivity index (χ0) is 19.1. The van der Waals surface area contributed by atoms with Crippen LogP contribution in [0.25, 0.3) is 0 Å². The molecule has 6 heteroatoms. The molecule has 2 saturated heterocycles. The average Bonchev–Trinajstić information content (AvgIpc) is 2.69. The van der Waals surface area contributed by atoms with Gasteiger partial charge in [-0.25, -0.2) is 0 Å². The summed E-state index contributed by atoms with van der Waals surface area (Å²) in [5.41, 5.74) is 1.15. The van der Waals surface area contributed by atoms with E-state index in [-0.39, 0.29) is 5.91 Å². The molecule has 1 amide bonds. The molecular formula is C21H33N3O3. The van der Waals surface area contributed by atoms with Crippen molar-refractivity contribution >= 4 is 5.91 Å². The van der Waals surface area contributed by atoms with Gasteiger partial charge < -0.3 is 14.7 Å². The summed E-state index contributed by atoms with van der Waals surface area (Å²) in [5, 5.41) is 10.3. The molecule has 0 spiro atoms. The van der Waals surface area contributed by atoms with Crippen molar-refractivity contribution in [1.29, 1.82) is 0 Å². The second-order valence-electron chi connectivity index (χ2n) is 7.80. The number of likely N-dealkylation sites (tertiary alicyclic amines) is 1. The molecule has 6 nitrogen and oxygen atoms in total. The first-order valence-electron chi connectivity index (χ1n) is 10.2. The van der Waals surface area contributed by atoms with Crippen LogP contribution in [-0.4, -0.2) is 90.8 Å². The van der Waals surface area contributed by atoms with E-state index in [1.807, 2.05) is 36.1 Å². The first kappa shape index (κ1) is 20.1. The van der Waals surface area contributed by atoms with Gasteiger partial charge in [-0.05, 0) is 43.9 Å². The standard InChI is InChI=1S/C21H33N3O3/c1-18-6-5-7-20(14-18)27-17-19(25)15-22-10-12-23(13-11-22)16-21(26)24-8-3-2-4-9-24/h5-7,14,19,25H,2-4,8-13,15-17H2,1H3. The summed E-state index contributed by atoms with van der Waals surface area (Å²) in [6, 6.07) is 7.88. The Morgan fingerprint density at radius 3 is 2.48 bits per heavy atom. The minimum absolute atomic E-state index is 0.273. The number of carbonyl (C=O) groups excluding carboxylic acids is 1. The van der Waals surface area contributed by atoms with Gasteiger partial charge in [-0.3, -0.25) is 14.6 Å². The summed E-state index contributed by atoms with van der Waals surface area (Å²) in [6.45, 7) is 8.85. The highest BCUT2D eigenvalue weighted by molar-refractivity contribution is 5.78. The topological polar surface area (TPSA) is 56.3 Å². The summed E-state index contributed by atoms with van der Waals surface area (Å²) in [7, 11) is 0. The van der Waals surface area contributed by atoms with Crippen molar-refractivity contribution in [2.45, 2.75) is 32.3 Å². The molecule has 27 heavy (non-hydrogen) atoms. The summed E-state index contributed by atoms with van der Waals surface area (Å²) in [5.74, 6) is 1.07. The van der Waals surface area contributed by atoms with Crippen molar-refractivity contribution in [3.63, 3.8) is 0 Å². The van der Waals surface area contributed by atoms with Crippen LogP contribution in [0.15, 0.2) is 24.3 Å². The minimum Gasteiger partial charge on any atom is -0.491 e. The molecule has 0 radical (unpaired) electrons. The third kappa shape index (κ3) is 6.48. The van der Waals surface area contributed by atoms with Crippen molar-refractivity contribution in [2.75, 3.05) is 59.0 Å². The van der Waals surface area contributed by atoms with Crippen LogP contribution in [0.4, 0.5) is 0 Å². The number of rotatable bonds is 7. The Morgan fingerprint density at radius 1 is 1.07 bits per heavy atom. The van der Waals surface area contributed by atoms with Crippen LogP contribution in [0.2, 0.25) is 0 Å². The van der Waals surface area contributed by atoms with E-state index < -0.39 is 6.10 Å². The molecule has 3 rings (SSSR count). The van der Waals surface area contributed by atoms with Crippen LogP contribution >= 0.6 is 0 Å². The van der Waals surface area contributed by atoms with Crippen molar-refractivity contribution in [3.05, 3.63) is 29.8 Å². The Balaban J connectivity index is 1.33. The van der Waals surface area contributed by atoms with Crippen molar-refractivity contribution < 1.29 is 14.6 Å². The van der Waals surface area contributed by atoms with E-state index >= 15 is 0 Å². The van der Waals surface area contributed by atoms with Gasteiger partial charge in [0.05, 0.1) is 6.54 Å². The molecule has 2 fully saturated rings. The van der Waals surface area contributed by atoms with E-state index in [0.29, 0.717) is 19.7 Å². The Kier molecular flexibility index (Phi) is 7.50. The molecule has 2 aliphatic rings. The number of piperazine rings is 1. The van der Waals surface area contributed by atoms with Crippen molar-refractivity contribution in [2.24, 2.45) is 0 Å². The number of nitrogens with zero attached hydrogens (tertiary/aromatic N) is 3. The molecule has 1 aromatic carbocycles. The van der Waals surface area contributed by atoms with Gasteiger partial charge in [-0.2, -0.15) is 0 Å². The molecule has 1 aromatic rings. The number of aryl methyl sites for hydroxylation is 1. The first-order chi connectivity index (χ1) is 13.1. The number of β-amino-alcohol motifs (C(OH)–C–C–N with tert-alkyl or cyclic N) is 1. The van der Waals surface area contributed by atoms with E-state index in [0.717, 1.165) is 63.4 Å². The predicted octanol–water partition coefficient (Wildman–Crippen LogP) is 1.36. The molecule has 1 unspecified atom stereocenters. The SMILES string of the molecule is Cc1cccc(OCC(O)CN2CCN(CC(=O)N3CCCCC3)CC2)c1. The first-order valence-corrected chi connectivity index (χ1v) is 10.2. The molecule has 1 N–H and O–H groups in total. The second kappa shape index (κ2) is 10.1. The van der Waals surface area contributed by atoms with Gasteiger partial charge >= 0.3 is 0 Å². The fourth-order valence-corrected chi connectivity index (χ4v) is 3.81. The fourth-order valence-electron chi connectivity index (χ4n) is 3.81. The van der Waals surface area contributed by atoms with Crippen LogP contribution in [-0.2, 0) is 4.79 Å². The number of carbonyl (C=O) groups is 1. The number of aliphatic hydroxyl groups is 1. The third-order valence-electron chi connectivity index (χ3n) is 5.43. The van der Waals surface area contributed by atoms with Gasteiger partial charge in [0.2, 0.25) is 5.91 Å².